The van der Waals surface area contributed by atoms with Crippen LogP contribution in [0.3, 0.4) is 0 Å². The zero-order chi connectivity index (χ0) is 18.6. The van der Waals surface area contributed by atoms with Crippen LogP contribution in [-0.2, 0) is 14.8 Å². The summed E-state index contributed by atoms with van der Waals surface area (Å²) in [4.78, 5) is 18.8. The third-order valence-electron chi connectivity index (χ3n) is 4.04. The highest BCUT2D eigenvalue weighted by molar-refractivity contribution is 8.00. The molecule has 0 unspecified atom stereocenters. The Labute approximate surface area is 156 Å². The van der Waals surface area contributed by atoms with Crippen molar-refractivity contribution in [1.29, 1.82) is 0 Å². The summed E-state index contributed by atoms with van der Waals surface area (Å²) >= 11 is 1.42. The van der Waals surface area contributed by atoms with Crippen LogP contribution in [-0.4, -0.2) is 60.4 Å². The molecule has 9 heteroatoms. The van der Waals surface area contributed by atoms with Gasteiger partial charge in [-0.05, 0) is 30.3 Å². The van der Waals surface area contributed by atoms with Crippen molar-refractivity contribution < 1.29 is 17.6 Å². The standard InChI is InChI=1S/C17H18FN3O3S2/c18-14-2-1-3-16(12-14)26(23,24)21-10-8-20(9-11-21)17(22)13-25-15-4-6-19-7-5-15/h1-7,12H,8-11,13H2. The molecule has 1 aromatic heterocycles. The average Bonchev–Trinajstić information content (AvgIpc) is 2.67. The number of benzene rings is 1. The lowest BCUT2D eigenvalue weighted by Crippen LogP contribution is -2.50. The summed E-state index contributed by atoms with van der Waals surface area (Å²) < 4.78 is 39.8. The lowest BCUT2D eigenvalue weighted by Gasteiger charge is -2.34. The molecular formula is C17H18FN3O3S2. The number of sulfonamides is 1. The Kier molecular flexibility index (Phi) is 5.90. The van der Waals surface area contributed by atoms with Crippen molar-refractivity contribution in [2.75, 3.05) is 31.9 Å². The van der Waals surface area contributed by atoms with Gasteiger partial charge in [0.2, 0.25) is 15.9 Å². The van der Waals surface area contributed by atoms with Crippen LogP contribution in [0.25, 0.3) is 0 Å². The summed E-state index contributed by atoms with van der Waals surface area (Å²) in [5.41, 5.74) is 0. The van der Waals surface area contributed by atoms with Gasteiger partial charge >= 0.3 is 0 Å². The molecule has 1 saturated heterocycles. The van der Waals surface area contributed by atoms with Crippen LogP contribution in [0.1, 0.15) is 0 Å². The van der Waals surface area contributed by atoms with Gasteiger partial charge in [-0.25, -0.2) is 12.8 Å². The Morgan fingerprint density at radius 1 is 1.12 bits per heavy atom. The van der Waals surface area contributed by atoms with Crippen molar-refractivity contribution in [2.24, 2.45) is 0 Å². The van der Waals surface area contributed by atoms with Crippen molar-refractivity contribution in [3.63, 3.8) is 0 Å². The van der Waals surface area contributed by atoms with Crippen molar-refractivity contribution in [3.8, 4) is 0 Å². The van der Waals surface area contributed by atoms with Gasteiger partial charge in [0.15, 0.2) is 0 Å². The SMILES string of the molecule is O=C(CSc1ccncc1)N1CCN(S(=O)(=O)c2cccc(F)c2)CC1. The molecule has 0 atom stereocenters. The molecule has 0 bridgehead atoms. The van der Waals surface area contributed by atoms with Crippen molar-refractivity contribution in [2.45, 2.75) is 9.79 Å². The Morgan fingerprint density at radius 3 is 2.46 bits per heavy atom. The van der Waals surface area contributed by atoms with E-state index in [4.69, 9.17) is 0 Å². The van der Waals surface area contributed by atoms with Gasteiger partial charge in [0, 0.05) is 43.5 Å². The van der Waals surface area contributed by atoms with E-state index in [0.29, 0.717) is 18.8 Å². The second-order valence-corrected chi connectivity index (χ2v) is 8.70. The topological polar surface area (TPSA) is 70.6 Å². The molecular weight excluding hydrogens is 377 g/mol. The first kappa shape index (κ1) is 18.8. The lowest BCUT2D eigenvalue weighted by atomic mass is 10.3. The number of nitrogens with zero attached hydrogens (tertiary/aromatic N) is 3. The maximum Gasteiger partial charge on any atom is 0.243 e. The molecule has 1 fully saturated rings. The number of rotatable bonds is 5. The monoisotopic (exact) mass is 395 g/mol. The summed E-state index contributed by atoms with van der Waals surface area (Å²) in [5.74, 6) is -0.330. The Balaban J connectivity index is 1.56. The van der Waals surface area contributed by atoms with Crippen LogP contribution in [0.15, 0.2) is 58.6 Å². The molecule has 2 heterocycles. The van der Waals surface area contributed by atoms with E-state index < -0.39 is 15.8 Å². The minimum atomic E-state index is -3.75. The molecule has 0 radical (unpaired) electrons. The number of piperazine rings is 1. The third-order valence-corrected chi connectivity index (χ3v) is 6.93. The highest BCUT2D eigenvalue weighted by Crippen LogP contribution is 2.20. The van der Waals surface area contributed by atoms with Crippen molar-refractivity contribution in [1.82, 2.24) is 14.2 Å². The Bertz CT molecular complexity index is 870. The Morgan fingerprint density at radius 2 is 1.81 bits per heavy atom. The largest absolute Gasteiger partial charge is 0.339 e. The number of thioether (sulfide) groups is 1. The molecule has 0 saturated carbocycles. The predicted octanol–water partition coefficient (Wildman–Crippen LogP) is 1.85. The van der Waals surface area contributed by atoms with Crippen molar-refractivity contribution in [3.05, 3.63) is 54.6 Å². The lowest BCUT2D eigenvalue weighted by molar-refractivity contribution is -0.129. The van der Waals surface area contributed by atoms with Gasteiger partial charge in [0.1, 0.15) is 5.82 Å². The second-order valence-electron chi connectivity index (χ2n) is 5.71. The molecule has 26 heavy (non-hydrogen) atoms. The molecule has 138 valence electrons. The predicted molar refractivity (Wildman–Crippen MR) is 96.7 cm³/mol. The van der Waals surface area contributed by atoms with E-state index in [0.717, 1.165) is 11.0 Å². The minimum Gasteiger partial charge on any atom is -0.339 e. The molecule has 0 aliphatic carbocycles. The fourth-order valence-corrected chi connectivity index (χ4v) is 4.87. The fraction of sp³-hybridized carbons (Fsp3) is 0.294. The summed E-state index contributed by atoms with van der Waals surface area (Å²) in [5, 5.41) is 0. The van der Waals surface area contributed by atoms with Crippen LogP contribution in [0, 0.1) is 5.82 Å². The van der Waals surface area contributed by atoms with Crippen LogP contribution in [0.5, 0.6) is 0 Å². The van der Waals surface area contributed by atoms with Crippen LogP contribution >= 0.6 is 11.8 Å². The number of carbonyl (C=O) groups is 1. The first-order valence-corrected chi connectivity index (χ1v) is 10.5. The highest BCUT2D eigenvalue weighted by Gasteiger charge is 2.30. The highest BCUT2D eigenvalue weighted by atomic mass is 32.2. The summed E-state index contributed by atoms with van der Waals surface area (Å²) in [6.45, 7) is 1.05. The zero-order valence-corrected chi connectivity index (χ0v) is 15.5. The average molecular weight is 395 g/mol. The van der Waals surface area contributed by atoms with E-state index in [1.165, 1.54) is 34.3 Å². The normalized spacial score (nSPS) is 15.8. The molecule has 1 aliphatic rings. The van der Waals surface area contributed by atoms with Gasteiger partial charge in [-0.3, -0.25) is 9.78 Å². The third kappa shape index (κ3) is 4.40. The van der Waals surface area contributed by atoms with E-state index in [2.05, 4.69) is 4.98 Å². The van der Waals surface area contributed by atoms with E-state index in [9.17, 15) is 17.6 Å². The number of carbonyl (C=O) groups excluding carboxylic acids is 1. The minimum absolute atomic E-state index is 0.0328. The van der Waals surface area contributed by atoms with Crippen LogP contribution in [0.2, 0.25) is 0 Å². The van der Waals surface area contributed by atoms with Gasteiger partial charge in [0.25, 0.3) is 0 Å². The quantitative estimate of drug-likeness (QED) is 0.723. The van der Waals surface area contributed by atoms with Gasteiger partial charge in [-0.1, -0.05) is 6.07 Å². The number of aromatic nitrogens is 1. The number of hydrogen-bond acceptors (Lipinski definition) is 5. The van der Waals surface area contributed by atoms with E-state index in [-0.39, 0.29) is 23.9 Å². The van der Waals surface area contributed by atoms with E-state index in [1.54, 1.807) is 17.3 Å². The maximum absolute atomic E-state index is 13.3. The number of pyridine rings is 1. The van der Waals surface area contributed by atoms with Crippen LogP contribution < -0.4 is 0 Å². The van der Waals surface area contributed by atoms with Gasteiger partial charge in [-0.2, -0.15) is 4.31 Å². The number of hydrogen-bond donors (Lipinski definition) is 0. The Hall–Kier alpha value is -1.97. The van der Waals surface area contributed by atoms with E-state index in [1.807, 2.05) is 12.1 Å². The van der Waals surface area contributed by atoms with E-state index >= 15 is 0 Å². The molecule has 0 N–H and O–H groups in total. The smallest absolute Gasteiger partial charge is 0.243 e. The second kappa shape index (κ2) is 8.15. The number of halogens is 1. The van der Waals surface area contributed by atoms with Gasteiger partial charge in [-0.15, -0.1) is 11.8 Å². The van der Waals surface area contributed by atoms with Gasteiger partial charge in [0.05, 0.1) is 10.6 Å². The van der Waals surface area contributed by atoms with Gasteiger partial charge < -0.3 is 4.90 Å². The fourth-order valence-electron chi connectivity index (χ4n) is 2.63. The first-order valence-electron chi connectivity index (χ1n) is 8.03. The first-order chi connectivity index (χ1) is 12.5. The van der Waals surface area contributed by atoms with Crippen LogP contribution in [0.4, 0.5) is 4.39 Å². The zero-order valence-electron chi connectivity index (χ0n) is 13.9. The van der Waals surface area contributed by atoms with Crippen molar-refractivity contribution >= 4 is 27.7 Å². The molecule has 1 amide bonds. The number of amides is 1. The summed E-state index contributed by atoms with van der Waals surface area (Å²) in [6.07, 6.45) is 3.34. The molecule has 2 aromatic rings. The molecule has 1 aliphatic heterocycles. The molecule has 6 nitrogen and oxygen atoms in total. The maximum atomic E-state index is 13.3. The summed E-state index contributed by atoms with van der Waals surface area (Å²) in [7, 11) is -3.75. The molecule has 3 rings (SSSR count). The molecule has 0 spiro atoms. The summed E-state index contributed by atoms with van der Waals surface area (Å²) in [6, 6.07) is 8.64. The molecule has 1 aromatic carbocycles.